The lowest BCUT2D eigenvalue weighted by molar-refractivity contribution is 0.0696. The molecule has 0 amide bonds. The van der Waals surface area contributed by atoms with Gasteiger partial charge in [0.2, 0.25) is 0 Å². The molecule has 0 saturated heterocycles. The Balaban J connectivity index is 1.48. The summed E-state index contributed by atoms with van der Waals surface area (Å²) in [6, 6.07) is 21.9. The molecule has 38 heavy (non-hydrogen) atoms. The number of nitrogens with zero attached hydrogens (tertiary/aromatic N) is 4. The van der Waals surface area contributed by atoms with Gasteiger partial charge in [0, 0.05) is 25.8 Å². The van der Waals surface area contributed by atoms with Crippen molar-refractivity contribution in [1.29, 1.82) is 0 Å². The van der Waals surface area contributed by atoms with Crippen molar-refractivity contribution in [2.45, 2.75) is 26.1 Å². The second-order valence-corrected chi connectivity index (χ2v) is 9.32. The minimum Gasteiger partial charge on any atom is -0.478 e. The number of carboxylic acid groups (broad SMARTS) is 1. The van der Waals surface area contributed by atoms with Gasteiger partial charge in [-0.2, -0.15) is 0 Å². The molecule has 8 heteroatoms. The molecule has 6 nitrogen and oxygen atoms in total. The van der Waals surface area contributed by atoms with E-state index in [1.165, 1.54) is 42.6 Å². The summed E-state index contributed by atoms with van der Waals surface area (Å²) in [4.78, 5) is 22.9. The topological polar surface area (TPSA) is 71.2 Å². The van der Waals surface area contributed by atoms with E-state index in [9.17, 15) is 18.7 Å². The Kier molecular flexibility index (Phi) is 7.24. The van der Waals surface area contributed by atoms with Crippen molar-refractivity contribution >= 4 is 17.0 Å². The smallest absolute Gasteiger partial charge is 0.335 e. The zero-order chi connectivity index (χ0) is 26.6. The Morgan fingerprint density at radius 1 is 0.868 bits per heavy atom. The van der Waals surface area contributed by atoms with Crippen molar-refractivity contribution in [1.82, 2.24) is 19.4 Å². The lowest BCUT2D eigenvalue weighted by Crippen LogP contribution is -2.17. The molecule has 5 rings (SSSR count). The molecule has 2 heterocycles. The zero-order valence-corrected chi connectivity index (χ0v) is 20.8. The quantitative estimate of drug-likeness (QED) is 0.264. The predicted octanol–water partition coefficient (Wildman–Crippen LogP) is 5.95. The Labute approximate surface area is 218 Å². The van der Waals surface area contributed by atoms with Gasteiger partial charge in [-0.15, -0.1) is 0 Å². The highest BCUT2D eigenvalue weighted by Crippen LogP contribution is 2.26. The summed E-state index contributed by atoms with van der Waals surface area (Å²) in [5.74, 6) is -1.00. The first-order valence-corrected chi connectivity index (χ1v) is 12.2. The molecule has 3 aromatic carbocycles. The Hall–Kier alpha value is -4.43. The van der Waals surface area contributed by atoms with Crippen molar-refractivity contribution < 1.29 is 18.7 Å². The van der Waals surface area contributed by atoms with Crippen LogP contribution in [0.2, 0.25) is 0 Å². The number of benzene rings is 3. The average Bonchev–Trinajstić information content (AvgIpc) is 3.27. The molecular formula is C30H26F2N4O2. The average molecular weight is 513 g/mol. The number of carboxylic acids is 1. The number of fused-ring (bicyclic) bond motifs is 1. The molecule has 2 aromatic heterocycles. The van der Waals surface area contributed by atoms with Crippen LogP contribution in [0.25, 0.3) is 22.6 Å². The van der Waals surface area contributed by atoms with E-state index >= 15 is 0 Å². The fraction of sp³-hybridized carbons (Fsp3) is 0.167. The Morgan fingerprint density at radius 3 is 2.18 bits per heavy atom. The molecular weight excluding hydrogens is 486 g/mol. The number of hydrogen-bond donors (Lipinski definition) is 1. The molecule has 192 valence electrons. The summed E-state index contributed by atoms with van der Waals surface area (Å²) in [7, 11) is 2.01. The summed E-state index contributed by atoms with van der Waals surface area (Å²) >= 11 is 0. The first kappa shape index (κ1) is 25.2. The molecule has 0 spiro atoms. The summed E-state index contributed by atoms with van der Waals surface area (Å²) in [5.41, 5.74) is 5.34. The van der Waals surface area contributed by atoms with Crippen LogP contribution < -0.4 is 0 Å². The highest BCUT2D eigenvalue weighted by atomic mass is 19.1. The van der Waals surface area contributed by atoms with Crippen molar-refractivity contribution in [3.63, 3.8) is 0 Å². The predicted molar refractivity (Wildman–Crippen MR) is 142 cm³/mol. The third-order valence-corrected chi connectivity index (χ3v) is 6.40. The van der Waals surface area contributed by atoms with Gasteiger partial charge in [-0.1, -0.05) is 30.3 Å². The highest BCUT2D eigenvalue weighted by Gasteiger charge is 2.17. The van der Waals surface area contributed by atoms with Crippen LogP contribution >= 0.6 is 0 Å². The lowest BCUT2D eigenvalue weighted by atomic mass is 10.1. The molecule has 1 N–H and O–H groups in total. The summed E-state index contributed by atoms with van der Waals surface area (Å²) < 4.78 is 28.7. The van der Waals surface area contributed by atoms with E-state index in [2.05, 4.69) is 16.0 Å². The normalized spacial score (nSPS) is 11.4. The minimum atomic E-state index is -1.03. The molecule has 0 aliphatic heterocycles. The molecule has 0 fully saturated rings. The molecule has 0 radical (unpaired) electrons. The van der Waals surface area contributed by atoms with Crippen molar-refractivity contribution in [2.75, 3.05) is 7.05 Å². The second kappa shape index (κ2) is 10.9. The maximum Gasteiger partial charge on any atom is 0.335 e. The third-order valence-electron chi connectivity index (χ3n) is 6.40. The standard InChI is InChI=1S/C30H26F2N4O2/c1-35(18-21-4-9-25(32)10-5-21)19-22-6-11-26-28(16-22)36(15-13-20-2-7-24(31)8-3-20)29(34-26)27-17-23(30(37)38)12-14-33-27/h2-12,14,16-17H,13,15,18-19H2,1H3,(H,37,38). The second-order valence-electron chi connectivity index (χ2n) is 9.32. The van der Waals surface area contributed by atoms with E-state index in [0.29, 0.717) is 37.6 Å². The summed E-state index contributed by atoms with van der Waals surface area (Å²) in [5, 5.41) is 9.47. The van der Waals surface area contributed by atoms with E-state index in [-0.39, 0.29) is 17.2 Å². The number of imidazole rings is 1. The molecule has 0 aliphatic carbocycles. The number of rotatable bonds is 9. The number of carbonyl (C=O) groups is 1. The first-order chi connectivity index (χ1) is 18.4. The van der Waals surface area contributed by atoms with E-state index in [0.717, 1.165) is 27.7 Å². The van der Waals surface area contributed by atoms with Crippen LogP contribution in [-0.4, -0.2) is 37.6 Å². The maximum absolute atomic E-state index is 13.4. The van der Waals surface area contributed by atoms with E-state index < -0.39 is 5.97 Å². The SMILES string of the molecule is CN(Cc1ccc(F)cc1)Cc1ccc2nc(-c3cc(C(=O)O)ccn3)n(CCc3ccc(F)cc3)c2c1. The first-order valence-electron chi connectivity index (χ1n) is 12.2. The van der Waals surface area contributed by atoms with Gasteiger partial charge in [-0.25, -0.2) is 18.6 Å². The lowest BCUT2D eigenvalue weighted by Gasteiger charge is -2.17. The number of halogens is 2. The van der Waals surface area contributed by atoms with Crippen LogP contribution in [0.5, 0.6) is 0 Å². The summed E-state index contributed by atoms with van der Waals surface area (Å²) in [6.45, 7) is 1.88. The molecule has 0 aliphatic rings. The van der Waals surface area contributed by atoms with Gasteiger partial charge in [0.15, 0.2) is 5.82 Å². The number of aromatic carboxylic acids is 1. The van der Waals surface area contributed by atoms with Gasteiger partial charge in [0.25, 0.3) is 0 Å². The summed E-state index contributed by atoms with van der Waals surface area (Å²) in [6.07, 6.45) is 2.10. The molecule has 5 aromatic rings. The van der Waals surface area contributed by atoms with Crippen LogP contribution in [0.3, 0.4) is 0 Å². The van der Waals surface area contributed by atoms with Gasteiger partial charge < -0.3 is 9.67 Å². The van der Waals surface area contributed by atoms with Crippen molar-refractivity contribution in [3.05, 3.63) is 119 Å². The minimum absolute atomic E-state index is 0.134. The monoisotopic (exact) mass is 512 g/mol. The number of pyridine rings is 1. The van der Waals surface area contributed by atoms with Crippen molar-refractivity contribution in [3.8, 4) is 11.5 Å². The van der Waals surface area contributed by atoms with E-state index in [1.807, 2.05) is 23.7 Å². The van der Waals surface area contributed by atoms with Crippen LogP contribution in [0.1, 0.15) is 27.0 Å². The highest BCUT2D eigenvalue weighted by molar-refractivity contribution is 5.89. The fourth-order valence-electron chi connectivity index (χ4n) is 4.54. The molecule has 0 saturated carbocycles. The van der Waals surface area contributed by atoms with Crippen LogP contribution in [0.4, 0.5) is 8.78 Å². The number of aromatic nitrogens is 3. The zero-order valence-electron chi connectivity index (χ0n) is 20.8. The van der Waals surface area contributed by atoms with Gasteiger partial charge in [0.1, 0.15) is 17.3 Å². The van der Waals surface area contributed by atoms with Crippen LogP contribution in [0, 0.1) is 11.6 Å². The Bertz CT molecular complexity index is 1580. The fourth-order valence-corrected chi connectivity index (χ4v) is 4.54. The van der Waals surface area contributed by atoms with Crippen LogP contribution in [0.15, 0.2) is 85.1 Å². The molecule has 0 bridgehead atoms. The number of hydrogen-bond acceptors (Lipinski definition) is 4. The van der Waals surface area contributed by atoms with Gasteiger partial charge in [-0.05, 0) is 78.7 Å². The molecule has 0 atom stereocenters. The molecule has 0 unspecified atom stereocenters. The largest absolute Gasteiger partial charge is 0.478 e. The van der Waals surface area contributed by atoms with Gasteiger partial charge in [0.05, 0.1) is 16.6 Å². The van der Waals surface area contributed by atoms with Gasteiger partial charge in [-0.3, -0.25) is 9.88 Å². The van der Waals surface area contributed by atoms with E-state index in [1.54, 1.807) is 24.3 Å². The van der Waals surface area contributed by atoms with Crippen LogP contribution in [-0.2, 0) is 26.1 Å². The maximum atomic E-state index is 13.4. The number of aryl methyl sites for hydroxylation is 2. The third kappa shape index (κ3) is 5.76. The Morgan fingerprint density at radius 2 is 1.50 bits per heavy atom. The van der Waals surface area contributed by atoms with Crippen molar-refractivity contribution in [2.24, 2.45) is 0 Å². The van der Waals surface area contributed by atoms with Gasteiger partial charge >= 0.3 is 5.97 Å². The van der Waals surface area contributed by atoms with E-state index in [4.69, 9.17) is 4.98 Å².